The molecule has 4 atom stereocenters. The summed E-state index contributed by atoms with van der Waals surface area (Å²) in [4.78, 5) is 7.61. The highest BCUT2D eigenvalue weighted by Crippen LogP contribution is 2.35. The molecule has 6 rings (SSSR count). The number of aliphatic hydroxyl groups excluding tert-OH is 1. The molecule has 0 radical (unpaired) electrons. The summed E-state index contributed by atoms with van der Waals surface area (Å²) in [6.07, 6.45) is 2.83. The van der Waals surface area contributed by atoms with Gasteiger partial charge in [-0.05, 0) is 37.2 Å². The van der Waals surface area contributed by atoms with E-state index >= 15 is 4.39 Å². The van der Waals surface area contributed by atoms with Crippen molar-refractivity contribution in [3.8, 4) is 17.1 Å². The summed E-state index contributed by atoms with van der Waals surface area (Å²) >= 11 is 0. The molecule has 1 aromatic carbocycles. The molecular formula is C26H30FN3O6S. The number of aromatic amines is 1. The molecule has 3 N–H and O–H groups in total. The number of nitrogens with zero attached hydrogens (tertiary/aromatic N) is 1. The van der Waals surface area contributed by atoms with Crippen LogP contribution in [0.25, 0.3) is 22.3 Å². The summed E-state index contributed by atoms with van der Waals surface area (Å²) in [6, 6.07) is 10.9. The van der Waals surface area contributed by atoms with E-state index in [0.29, 0.717) is 35.0 Å². The highest BCUT2D eigenvalue weighted by atomic mass is 32.2. The second-order valence-electron chi connectivity index (χ2n) is 10.3. The van der Waals surface area contributed by atoms with E-state index in [1.54, 1.807) is 6.07 Å². The molecule has 3 aliphatic rings. The number of sulfonamides is 1. The molecule has 4 heterocycles. The van der Waals surface area contributed by atoms with E-state index in [0.717, 1.165) is 31.2 Å². The van der Waals surface area contributed by atoms with Gasteiger partial charge in [0, 0.05) is 23.7 Å². The zero-order chi connectivity index (χ0) is 25.7. The van der Waals surface area contributed by atoms with Crippen molar-refractivity contribution in [2.75, 3.05) is 19.5 Å². The highest BCUT2D eigenvalue weighted by Gasteiger charge is 2.48. The van der Waals surface area contributed by atoms with E-state index < -0.39 is 28.0 Å². The number of aromatic nitrogens is 2. The molecule has 9 nitrogen and oxygen atoms in total. The Morgan fingerprint density at radius 2 is 1.81 bits per heavy atom. The van der Waals surface area contributed by atoms with Gasteiger partial charge in [0.05, 0.1) is 30.5 Å². The van der Waals surface area contributed by atoms with Gasteiger partial charge in [0.15, 0.2) is 17.8 Å². The number of hydrogen-bond donors (Lipinski definition) is 3. The van der Waals surface area contributed by atoms with Gasteiger partial charge in [0.1, 0.15) is 24.0 Å². The Morgan fingerprint density at radius 3 is 2.54 bits per heavy atom. The van der Waals surface area contributed by atoms with Crippen LogP contribution in [-0.2, 0) is 19.5 Å². The maximum absolute atomic E-state index is 15.0. The first kappa shape index (κ1) is 24.7. The lowest BCUT2D eigenvalue weighted by atomic mass is 9.82. The number of halogens is 1. The van der Waals surface area contributed by atoms with Crippen molar-refractivity contribution in [1.82, 2.24) is 14.7 Å². The third kappa shape index (κ3) is 5.10. The van der Waals surface area contributed by atoms with Crippen LogP contribution >= 0.6 is 0 Å². The largest absolute Gasteiger partial charge is 0.470 e. The van der Waals surface area contributed by atoms with Crippen LogP contribution in [0.5, 0.6) is 5.88 Å². The van der Waals surface area contributed by atoms with Crippen molar-refractivity contribution in [2.24, 2.45) is 0 Å². The summed E-state index contributed by atoms with van der Waals surface area (Å²) < 4.78 is 57.9. The topological polar surface area (TPSA) is 123 Å². The minimum absolute atomic E-state index is 0.00863. The number of aliphatic hydroxyl groups is 1. The van der Waals surface area contributed by atoms with Crippen molar-refractivity contribution in [3.05, 3.63) is 47.8 Å². The predicted octanol–water partition coefficient (Wildman–Crippen LogP) is 2.85. The van der Waals surface area contributed by atoms with Crippen LogP contribution in [0.3, 0.4) is 0 Å². The summed E-state index contributed by atoms with van der Waals surface area (Å²) in [5.74, 6) is 0.350. The molecule has 1 aliphatic carbocycles. The normalized spacial score (nSPS) is 30.0. The van der Waals surface area contributed by atoms with Crippen LogP contribution in [-0.4, -0.2) is 73.4 Å². The molecule has 3 fully saturated rings. The number of fused-ring (bicyclic) bond motifs is 2. The van der Waals surface area contributed by atoms with Crippen molar-refractivity contribution in [1.29, 1.82) is 0 Å². The third-order valence-corrected chi connectivity index (χ3v) is 8.32. The summed E-state index contributed by atoms with van der Waals surface area (Å²) in [6.45, 7) is 0.523. The van der Waals surface area contributed by atoms with Gasteiger partial charge >= 0.3 is 0 Å². The lowest BCUT2D eigenvalue weighted by molar-refractivity contribution is 0.00794. The summed E-state index contributed by atoms with van der Waals surface area (Å²) in [5, 5.41) is 9.92. The maximum Gasteiger partial charge on any atom is 0.208 e. The molecule has 37 heavy (non-hydrogen) atoms. The lowest BCUT2D eigenvalue weighted by Crippen LogP contribution is -2.36. The van der Waals surface area contributed by atoms with E-state index in [2.05, 4.69) is 14.7 Å². The lowest BCUT2D eigenvalue weighted by Gasteiger charge is -2.28. The van der Waals surface area contributed by atoms with Gasteiger partial charge in [-0.1, -0.05) is 24.3 Å². The highest BCUT2D eigenvalue weighted by molar-refractivity contribution is 7.88. The average Bonchev–Trinajstić information content (AvgIpc) is 3.55. The Morgan fingerprint density at radius 1 is 1.08 bits per heavy atom. The predicted molar refractivity (Wildman–Crippen MR) is 134 cm³/mol. The van der Waals surface area contributed by atoms with Crippen LogP contribution in [0.15, 0.2) is 36.4 Å². The average molecular weight is 532 g/mol. The molecule has 11 heteroatoms. The first-order valence-electron chi connectivity index (χ1n) is 12.6. The molecule has 0 bridgehead atoms. The SMILES string of the molecule is CS(=O)(=O)NC1CCC(c2ccc(-c3nc4cc(O[C@@H]5CO[C@@H]6C(O)CO[C@@H]65)[nH]c4cc3F)cc2)CC1. The number of nitrogens with one attached hydrogen (secondary N) is 2. The number of H-pyrrole nitrogens is 1. The van der Waals surface area contributed by atoms with E-state index in [9.17, 15) is 13.5 Å². The molecule has 2 aliphatic heterocycles. The smallest absolute Gasteiger partial charge is 0.208 e. The zero-order valence-electron chi connectivity index (χ0n) is 20.4. The van der Waals surface area contributed by atoms with Crippen molar-refractivity contribution in [2.45, 2.75) is 62.1 Å². The number of benzene rings is 1. The quantitative estimate of drug-likeness (QED) is 0.447. The monoisotopic (exact) mass is 531 g/mol. The Labute approximate surface area is 214 Å². The fraction of sp³-hybridized carbons (Fsp3) is 0.500. The molecule has 0 spiro atoms. The Bertz CT molecular complexity index is 1390. The molecule has 2 saturated heterocycles. The molecule has 1 unspecified atom stereocenters. The summed E-state index contributed by atoms with van der Waals surface area (Å²) in [5.41, 5.74) is 3.21. The Kier molecular flexibility index (Phi) is 6.44. The Balaban J connectivity index is 1.15. The van der Waals surface area contributed by atoms with Crippen LogP contribution in [0.2, 0.25) is 0 Å². The number of rotatable bonds is 6. The van der Waals surface area contributed by atoms with E-state index in [1.165, 1.54) is 12.3 Å². The van der Waals surface area contributed by atoms with Crippen LogP contribution in [0, 0.1) is 5.82 Å². The molecule has 1 saturated carbocycles. The van der Waals surface area contributed by atoms with Crippen molar-refractivity contribution < 1.29 is 32.1 Å². The standard InChI is InChI=1S/C26H30FN3O6S/c1-37(32,33)30-17-8-6-15(7-9-17)14-2-4-16(5-3-14)24-18(27)10-19-20(29-24)11-23(28-19)36-22-13-35-25-21(31)12-34-26(22)25/h2-5,10-11,15,17,21-22,25-26,28,30-31H,6-9,12-13H2,1H3/t15?,17?,21?,22-,25-,26-/m1/s1. The minimum Gasteiger partial charge on any atom is -0.470 e. The molecular weight excluding hydrogens is 501 g/mol. The van der Waals surface area contributed by atoms with Gasteiger partial charge < -0.3 is 24.3 Å². The minimum atomic E-state index is -3.20. The zero-order valence-corrected chi connectivity index (χ0v) is 21.2. The number of pyridine rings is 1. The van der Waals surface area contributed by atoms with Gasteiger partial charge in [-0.15, -0.1) is 0 Å². The summed E-state index contributed by atoms with van der Waals surface area (Å²) in [7, 11) is -3.20. The van der Waals surface area contributed by atoms with Gasteiger partial charge in [0.25, 0.3) is 0 Å². The first-order valence-corrected chi connectivity index (χ1v) is 14.5. The molecule has 3 aromatic rings. The van der Waals surface area contributed by atoms with Gasteiger partial charge in [-0.2, -0.15) is 0 Å². The third-order valence-electron chi connectivity index (χ3n) is 7.55. The molecule has 2 aromatic heterocycles. The maximum atomic E-state index is 15.0. The van der Waals surface area contributed by atoms with E-state index in [-0.39, 0.29) is 30.6 Å². The van der Waals surface area contributed by atoms with Gasteiger partial charge in [-0.25, -0.2) is 22.5 Å². The second kappa shape index (κ2) is 9.63. The molecule has 0 amide bonds. The van der Waals surface area contributed by atoms with E-state index in [1.807, 2.05) is 24.3 Å². The van der Waals surface area contributed by atoms with Crippen LogP contribution in [0.4, 0.5) is 4.39 Å². The first-order chi connectivity index (χ1) is 17.7. The van der Waals surface area contributed by atoms with Crippen LogP contribution < -0.4 is 9.46 Å². The Hall–Kier alpha value is -2.57. The van der Waals surface area contributed by atoms with Gasteiger partial charge in [0.2, 0.25) is 10.0 Å². The number of hydrogen-bond acceptors (Lipinski definition) is 7. The van der Waals surface area contributed by atoms with Crippen molar-refractivity contribution >= 4 is 21.1 Å². The fourth-order valence-electron chi connectivity index (χ4n) is 5.74. The van der Waals surface area contributed by atoms with E-state index in [4.69, 9.17) is 14.2 Å². The molecule has 198 valence electrons. The van der Waals surface area contributed by atoms with Crippen molar-refractivity contribution in [3.63, 3.8) is 0 Å². The van der Waals surface area contributed by atoms with Gasteiger partial charge in [-0.3, -0.25) is 0 Å². The number of ether oxygens (including phenoxy) is 3. The second-order valence-corrected chi connectivity index (χ2v) is 12.0. The van der Waals surface area contributed by atoms with Crippen LogP contribution in [0.1, 0.15) is 37.2 Å². The fourth-order valence-corrected chi connectivity index (χ4v) is 6.58.